The van der Waals surface area contributed by atoms with Crippen molar-refractivity contribution in [2.24, 2.45) is 0 Å². The zero-order valence-corrected chi connectivity index (χ0v) is 37.0. The first kappa shape index (κ1) is 42.1. The summed E-state index contributed by atoms with van der Waals surface area (Å²) in [5.41, 5.74) is 16.7. The van der Waals surface area contributed by atoms with Crippen molar-refractivity contribution in [1.82, 2.24) is 0 Å². The molecule has 0 radical (unpaired) electrons. The van der Waals surface area contributed by atoms with Crippen LogP contribution in [-0.2, 0) is 0 Å². The Morgan fingerprint density at radius 2 is 0.453 bits per heavy atom. The Morgan fingerprint density at radius 3 is 0.781 bits per heavy atom. The molecule has 0 heterocycles. The fourth-order valence-electron chi connectivity index (χ4n) is 6.95. The molecule has 0 heteroatoms. The molecule has 0 atom stereocenters. The summed E-state index contributed by atoms with van der Waals surface area (Å²) in [6.07, 6.45) is 0. The van der Waals surface area contributed by atoms with Crippen LogP contribution < -0.4 is 0 Å². The van der Waals surface area contributed by atoms with Crippen molar-refractivity contribution in [2.45, 2.75) is 41.5 Å². The summed E-state index contributed by atoms with van der Waals surface area (Å²) >= 11 is 0. The maximum Gasteiger partial charge on any atom is 0.0582 e. The standard InChI is InChI=1S/C64H44/c1-45-7-19-51(20-8-45)31-37-57-38-44-63-61(42-35-55-27-15-49(5)16-28-55)59(40-33-53-23-11-47(3)12-24-53)60(41-34-54-25-13-48(4)14-26-54)62(43-36-56-29-17-50(6)18-30-56)64(63)58(57)39-32-52-21-9-46(2)10-22-52/h7-30,38,44H,1-6H3. The van der Waals surface area contributed by atoms with Crippen LogP contribution in [0.1, 0.15) is 100 Å². The maximum atomic E-state index is 3.66. The van der Waals surface area contributed by atoms with Crippen LogP contribution in [0.4, 0.5) is 0 Å². The lowest BCUT2D eigenvalue weighted by Crippen LogP contribution is -2.02. The van der Waals surface area contributed by atoms with Gasteiger partial charge in [-0.15, -0.1) is 0 Å². The molecular weight excluding hydrogens is 769 g/mol. The largest absolute Gasteiger partial charge is 0.0616 e. The van der Waals surface area contributed by atoms with Crippen LogP contribution in [0, 0.1) is 113 Å². The third-order valence-corrected chi connectivity index (χ3v) is 10.8. The molecule has 8 aromatic rings. The fourth-order valence-corrected chi connectivity index (χ4v) is 6.95. The van der Waals surface area contributed by atoms with Crippen molar-refractivity contribution >= 4 is 10.8 Å². The third-order valence-electron chi connectivity index (χ3n) is 10.8. The second kappa shape index (κ2) is 19.4. The highest BCUT2D eigenvalue weighted by Gasteiger charge is 2.20. The molecule has 0 amide bonds. The first-order valence-electron chi connectivity index (χ1n) is 21.3. The molecule has 0 saturated heterocycles. The van der Waals surface area contributed by atoms with Crippen LogP contribution in [0.2, 0.25) is 0 Å². The second-order valence-corrected chi connectivity index (χ2v) is 16.1. The van der Waals surface area contributed by atoms with Crippen molar-refractivity contribution in [2.75, 3.05) is 0 Å². The van der Waals surface area contributed by atoms with Gasteiger partial charge in [0.05, 0.1) is 16.7 Å². The lowest BCUT2D eigenvalue weighted by atomic mass is 9.85. The molecule has 300 valence electrons. The van der Waals surface area contributed by atoms with Gasteiger partial charge in [-0.3, -0.25) is 0 Å². The molecule has 0 aromatic heterocycles. The third kappa shape index (κ3) is 10.5. The van der Waals surface area contributed by atoms with E-state index in [9.17, 15) is 0 Å². The molecule has 0 bridgehead atoms. The van der Waals surface area contributed by atoms with Crippen molar-refractivity contribution in [3.05, 3.63) is 258 Å². The summed E-state index contributed by atoms with van der Waals surface area (Å²) in [4.78, 5) is 0. The predicted octanol–water partition coefficient (Wildman–Crippen LogP) is 13.1. The van der Waals surface area contributed by atoms with Gasteiger partial charge < -0.3 is 0 Å². The summed E-state index contributed by atoms with van der Waals surface area (Å²) in [6, 6.07) is 53.8. The summed E-state index contributed by atoms with van der Waals surface area (Å²) in [7, 11) is 0. The van der Waals surface area contributed by atoms with Crippen molar-refractivity contribution in [3.8, 4) is 71.0 Å². The number of aryl methyl sites for hydroxylation is 6. The van der Waals surface area contributed by atoms with Crippen LogP contribution in [0.25, 0.3) is 10.8 Å². The highest BCUT2D eigenvalue weighted by molar-refractivity contribution is 6.02. The van der Waals surface area contributed by atoms with E-state index in [4.69, 9.17) is 0 Å². The number of fused-ring (bicyclic) bond motifs is 1. The quantitative estimate of drug-likeness (QED) is 0.134. The van der Waals surface area contributed by atoms with E-state index in [1.807, 2.05) is 12.1 Å². The van der Waals surface area contributed by atoms with Crippen molar-refractivity contribution < 1.29 is 0 Å². The lowest BCUT2D eigenvalue weighted by Gasteiger charge is -2.15. The molecule has 0 fully saturated rings. The van der Waals surface area contributed by atoms with E-state index in [1.54, 1.807) is 0 Å². The van der Waals surface area contributed by atoms with Gasteiger partial charge in [0.25, 0.3) is 0 Å². The molecule has 0 aliphatic heterocycles. The molecule has 0 nitrogen and oxygen atoms in total. The van der Waals surface area contributed by atoms with Crippen LogP contribution in [0.3, 0.4) is 0 Å². The van der Waals surface area contributed by atoms with E-state index < -0.39 is 0 Å². The Morgan fingerprint density at radius 1 is 0.203 bits per heavy atom. The molecule has 0 aliphatic carbocycles. The van der Waals surface area contributed by atoms with E-state index >= 15 is 0 Å². The summed E-state index contributed by atoms with van der Waals surface area (Å²) < 4.78 is 0. The van der Waals surface area contributed by atoms with Crippen LogP contribution in [-0.4, -0.2) is 0 Å². The highest BCUT2D eigenvalue weighted by Crippen LogP contribution is 2.34. The van der Waals surface area contributed by atoms with Gasteiger partial charge in [-0.2, -0.15) is 0 Å². The second-order valence-electron chi connectivity index (χ2n) is 16.1. The van der Waals surface area contributed by atoms with E-state index in [2.05, 4.69) is 258 Å². The number of hydrogen-bond donors (Lipinski definition) is 0. The Labute approximate surface area is 379 Å². The minimum atomic E-state index is 0.683. The van der Waals surface area contributed by atoms with E-state index in [0.29, 0.717) is 11.1 Å². The van der Waals surface area contributed by atoms with E-state index in [-0.39, 0.29) is 0 Å². The molecule has 64 heavy (non-hydrogen) atoms. The minimum Gasteiger partial charge on any atom is -0.0616 e. The van der Waals surface area contributed by atoms with Gasteiger partial charge in [-0.05, 0) is 120 Å². The summed E-state index contributed by atoms with van der Waals surface area (Å²) in [5, 5.41) is 1.70. The normalized spacial score (nSPS) is 9.91. The van der Waals surface area contributed by atoms with Gasteiger partial charge in [0.1, 0.15) is 0 Å². The maximum absolute atomic E-state index is 3.66. The molecule has 0 aliphatic rings. The first-order valence-corrected chi connectivity index (χ1v) is 21.3. The SMILES string of the molecule is Cc1ccc(C#Cc2ccc3c(C#Cc4ccc(C)cc4)c(C#Cc4ccc(C)cc4)c(C#Cc4ccc(C)cc4)c(C#Cc4ccc(C)cc4)c3c2C#Cc2ccc(C)cc2)cc1. The average molecular weight is 813 g/mol. The van der Waals surface area contributed by atoms with Crippen LogP contribution >= 0.6 is 0 Å². The van der Waals surface area contributed by atoms with Gasteiger partial charge in [-0.25, -0.2) is 0 Å². The predicted molar refractivity (Wildman–Crippen MR) is 267 cm³/mol. The summed E-state index contributed by atoms with van der Waals surface area (Å²) in [6.45, 7) is 12.5. The summed E-state index contributed by atoms with van der Waals surface area (Å²) in [5.74, 6) is 42.6. The van der Waals surface area contributed by atoms with Gasteiger partial charge in [0.2, 0.25) is 0 Å². The smallest absolute Gasteiger partial charge is 0.0582 e. The number of benzene rings is 8. The van der Waals surface area contributed by atoms with Crippen LogP contribution in [0.15, 0.2) is 158 Å². The van der Waals surface area contributed by atoms with Crippen molar-refractivity contribution in [3.63, 3.8) is 0 Å². The highest BCUT2D eigenvalue weighted by atomic mass is 14.2. The Balaban J connectivity index is 1.55. The van der Waals surface area contributed by atoms with Gasteiger partial charge in [0.15, 0.2) is 0 Å². The van der Waals surface area contributed by atoms with Crippen LogP contribution in [0.5, 0.6) is 0 Å². The number of hydrogen-bond acceptors (Lipinski definition) is 0. The van der Waals surface area contributed by atoms with E-state index in [1.165, 1.54) is 22.3 Å². The fraction of sp³-hybridized carbons (Fsp3) is 0.0938. The average Bonchev–Trinajstić information content (AvgIpc) is 3.31. The Kier molecular flexibility index (Phi) is 12.8. The molecule has 0 saturated carbocycles. The van der Waals surface area contributed by atoms with Gasteiger partial charge in [-0.1, -0.05) is 183 Å². The molecule has 0 N–H and O–H groups in total. The minimum absolute atomic E-state index is 0.683. The zero-order valence-electron chi connectivity index (χ0n) is 37.0. The molecule has 0 spiro atoms. The lowest BCUT2D eigenvalue weighted by molar-refractivity contribution is 1.45. The topological polar surface area (TPSA) is 0 Å². The molecule has 8 aromatic carbocycles. The molecular formula is C64H44. The Hall–Kier alpha value is -8.62. The van der Waals surface area contributed by atoms with Crippen molar-refractivity contribution in [1.29, 1.82) is 0 Å². The zero-order chi connectivity index (χ0) is 44.4. The molecule has 8 rings (SSSR count). The Bertz CT molecular complexity index is 3370. The van der Waals surface area contributed by atoms with E-state index in [0.717, 1.165) is 77.5 Å². The first-order chi connectivity index (χ1) is 31.1. The number of rotatable bonds is 0. The molecule has 0 unspecified atom stereocenters. The van der Waals surface area contributed by atoms with Gasteiger partial charge in [0, 0.05) is 60.8 Å². The van der Waals surface area contributed by atoms with Gasteiger partial charge >= 0.3 is 0 Å². The monoisotopic (exact) mass is 812 g/mol.